The highest BCUT2D eigenvalue weighted by Gasteiger charge is 2.14. The fraction of sp³-hybridized carbons (Fsp3) is 0.0500. The molecule has 0 aliphatic heterocycles. The van der Waals surface area contributed by atoms with Crippen LogP contribution in [0, 0.1) is 0 Å². The first-order valence-corrected chi connectivity index (χ1v) is 10.0. The zero-order valence-electron chi connectivity index (χ0n) is 14.5. The van der Waals surface area contributed by atoms with Gasteiger partial charge in [-0.3, -0.25) is 9.52 Å². The van der Waals surface area contributed by atoms with Gasteiger partial charge in [0, 0.05) is 5.69 Å². The highest BCUT2D eigenvalue weighted by atomic mass is 32.2. The first-order chi connectivity index (χ1) is 12.9. The Hall–Kier alpha value is -3.32. The van der Waals surface area contributed by atoms with Gasteiger partial charge in [0.25, 0.3) is 5.91 Å². The molecule has 3 aromatic rings. The molecule has 0 saturated carbocycles. The molecule has 3 aromatic carbocycles. The molecule has 1 amide bonds. The maximum atomic E-state index is 12.5. The quantitative estimate of drug-likeness (QED) is 0.672. The topological polar surface area (TPSA) is 84.5 Å². The van der Waals surface area contributed by atoms with Crippen molar-refractivity contribution in [1.82, 2.24) is 0 Å². The van der Waals surface area contributed by atoms with E-state index in [2.05, 4.69) is 10.0 Å². The van der Waals surface area contributed by atoms with Crippen LogP contribution in [0.5, 0.6) is 11.5 Å². The Morgan fingerprint density at radius 1 is 0.815 bits per heavy atom. The van der Waals surface area contributed by atoms with E-state index in [-0.39, 0.29) is 11.3 Å². The van der Waals surface area contributed by atoms with Crippen molar-refractivity contribution in [2.45, 2.75) is 0 Å². The molecule has 0 aliphatic rings. The van der Waals surface area contributed by atoms with Gasteiger partial charge in [-0.1, -0.05) is 30.3 Å². The summed E-state index contributed by atoms with van der Waals surface area (Å²) in [6.07, 6.45) is 1.03. The molecule has 0 radical (unpaired) electrons. The largest absolute Gasteiger partial charge is 0.457 e. The Bertz CT molecular complexity index is 1030. The molecule has 0 heterocycles. The maximum absolute atomic E-state index is 12.5. The number of nitrogens with one attached hydrogen (secondary N) is 2. The first kappa shape index (κ1) is 18.5. The Kier molecular flexibility index (Phi) is 5.42. The highest BCUT2D eigenvalue weighted by molar-refractivity contribution is 7.92. The molecule has 0 aliphatic carbocycles. The van der Waals surface area contributed by atoms with Crippen molar-refractivity contribution < 1.29 is 17.9 Å². The Balaban J connectivity index is 1.71. The minimum atomic E-state index is -3.49. The van der Waals surface area contributed by atoms with Crippen LogP contribution in [0.25, 0.3) is 0 Å². The van der Waals surface area contributed by atoms with E-state index >= 15 is 0 Å². The van der Waals surface area contributed by atoms with Gasteiger partial charge in [0.15, 0.2) is 0 Å². The lowest BCUT2D eigenvalue weighted by Crippen LogP contribution is -2.17. The second-order valence-electron chi connectivity index (χ2n) is 5.81. The van der Waals surface area contributed by atoms with Crippen LogP contribution in [-0.2, 0) is 10.0 Å². The van der Waals surface area contributed by atoms with E-state index in [0.29, 0.717) is 11.4 Å². The third-order valence-electron chi connectivity index (χ3n) is 3.56. The van der Waals surface area contributed by atoms with Gasteiger partial charge < -0.3 is 10.1 Å². The number of amides is 1. The highest BCUT2D eigenvalue weighted by Crippen LogP contribution is 2.23. The standard InChI is InChI=1S/C20H18N2O4S/c1-27(24,25)22-19-10-6-5-9-18(19)20(23)21-15-11-13-17(14-12-15)26-16-7-3-2-4-8-16/h2-14,22H,1H3,(H,21,23). The summed E-state index contributed by atoms with van der Waals surface area (Å²) in [5.74, 6) is 0.937. The summed E-state index contributed by atoms with van der Waals surface area (Å²) < 4.78 is 31.0. The number of rotatable bonds is 6. The molecule has 0 saturated heterocycles. The number of anilines is 2. The summed E-state index contributed by atoms with van der Waals surface area (Å²) in [6, 6.07) is 22.7. The SMILES string of the molecule is CS(=O)(=O)Nc1ccccc1C(=O)Nc1ccc(Oc2ccccc2)cc1. The third kappa shape index (κ3) is 5.32. The van der Waals surface area contributed by atoms with E-state index in [9.17, 15) is 13.2 Å². The van der Waals surface area contributed by atoms with Crippen molar-refractivity contribution in [3.8, 4) is 11.5 Å². The normalized spacial score (nSPS) is 10.9. The summed E-state index contributed by atoms with van der Waals surface area (Å²) in [5, 5.41) is 2.75. The van der Waals surface area contributed by atoms with Crippen LogP contribution < -0.4 is 14.8 Å². The third-order valence-corrected chi connectivity index (χ3v) is 4.15. The number of carbonyl (C=O) groups is 1. The molecule has 27 heavy (non-hydrogen) atoms. The van der Waals surface area contributed by atoms with Crippen LogP contribution in [0.1, 0.15) is 10.4 Å². The fourth-order valence-corrected chi connectivity index (χ4v) is 2.98. The monoisotopic (exact) mass is 382 g/mol. The van der Waals surface area contributed by atoms with Crippen molar-refractivity contribution >= 4 is 27.3 Å². The predicted molar refractivity (Wildman–Crippen MR) is 106 cm³/mol. The second-order valence-corrected chi connectivity index (χ2v) is 7.56. The van der Waals surface area contributed by atoms with Crippen molar-refractivity contribution in [1.29, 1.82) is 0 Å². The van der Waals surface area contributed by atoms with Crippen LogP contribution in [0.3, 0.4) is 0 Å². The van der Waals surface area contributed by atoms with Gasteiger partial charge in [0.1, 0.15) is 11.5 Å². The average molecular weight is 382 g/mol. The zero-order valence-corrected chi connectivity index (χ0v) is 15.4. The van der Waals surface area contributed by atoms with Crippen LogP contribution in [0.2, 0.25) is 0 Å². The minimum Gasteiger partial charge on any atom is -0.457 e. The number of hydrogen-bond acceptors (Lipinski definition) is 4. The van der Waals surface area contributed by atoms with Gasteiger partial charge in [-0.25, -0.2) is 8.42 Å². The number of benzene rings is 3. The molecule has 3 rings (SSSR count). The lowest BCUT2D eigenvalue weighted by molar-refractivity contribution is 0.102. The Morgan fingerprint density at radius 2 is 1.41 bits per heavy atom. The van der Waals surface area contributed by atoms with E-state index < -0.39 is 15.9 Å². The predicted octanol–water partition coefficient (Wildman–Crippen LogP) is 4.10. The van der Waals surface area contributed by atoms with Gasteiger partial charge in [0.2, 0.25) is 10.0 Å². The summed E-state index contributed by atoms with van der Waals surface area (Å²) in [5.41, 5.74) is 1.02. The smallest absolute Gasteiger partial charge is 0.257 e. The molecule has 0 spiro atoms. The maximum Gasteiger partial charge on any atom is 0.257 e. The molecule has 0 atom stereocenters. The molecule has 6 nitrogen and oxygen atoms in total. The Labute approximate surface area is 157 Å². The number of ether oxygens (including phenoxy) is 1. The average Bonchev–Trinajstić information content (AvgIpc) is 2.63. The molecule has 138 valence electrons. The summed E-state index contributed by atoms with van der Waals surface area (Å²) in [7, 11) is -3.49. The van der Waals surface area contributed by atoms with E-state index in [1.807, 2.05) is 30.3 Å². The molecule has 0 unspecified atom stereocenters. The van der Waals surface area contributed by atoms with E-state index in [0.717, 1.165) is 12.0 Å². The van der Waals surface area contributed by atoms with Gasteiger partial charge >= 0.3 is 0 Å². The van der Waals surface area contributed by atoms with Gasteiger partial charge in [-0.05, 0) is 48.5 Å². The van der Waals surface area contributed by atoms with Crippen LogP contribution in [-0.4, -0.2) is 20.6 Å². The second kappa shape index (κ2) is 7.92. The number of carbonyl (C=O) groups excluding carboxylic acids is 1. The molecular formula is C20H18N2O4S. The van der Waals surface area contributed by atoms with Crippen LogP contribution in [0.4, 0.5) is 11.4 Å². The van der Waals surface area contributed by atoms with Crippen molar-refractivity contribution in [3.63, 3.8) is 0 Å². The number of para-hydroxylation sites is 2. The van der Waals surface area contributed by atoms with Crippen LogP contribution in [0.15, 0.2) is 78.9 Å². The van der Waals surface area contributed by atoms with Gasteiger partial charge in [-0.15, -0.1) is 0 Å². The molecular weight excluding hydrogens is 364 g/mol. The van der Waals surface area contributed by atoms with Crippen molar-refractivity contribution in [3.05, 3.63) is 84.4 Å². The number of hydrogen-bond donors (Lipinski definition) is 2. The van der Waals surface area contributed by atoms with E-state index in [1.165, 1.54) is 6.07 Å². The summed E-state index contributed by atoms with van der Waals surface area (Å²) >= 11 is 0. The summed E-state index contributed by atoms with van der Waals surface area (Å²) in [6.45, 7) is 0. The van der Waals surface area contributed by atoms with Crippen LogP contribution >= 0.6 is 0 Å². The van der Waals surface area contributed by atoms with E-state index in [4.69, 9.17) is 4.74 Å². The van der Waals surface area contributed by atoms with E-state index in [1.54, 1.807) is 42.5 Å². The molecule has 0 bridgehead atoms. The molecule has 2 N–H and O–H groups in total. The van der Waals surface area contributed by atoms with Crippen molar-refractivity contribution in [2.75, 3.05) is 16.3 Å². The lowest BCUT2D eigenvalue weighted by atomic mass is 10.1. The zero-order chi connectivity index (χ0) is 19.3. The van der Waals surface area contributed by atoms with Crippen molar-refractivity contribution in [2.24, 2.45) is 0 Å². The fourth-order valence-electron chi connectivity index (χ4n) is 2.40. The summed E-state index contributed by atoms with van der Waals surface area (Å²) in [4.78, 5) is 12.5. The van der Waals surface area contributed by atoms with Gasteiger partial charge in [-0.2, -0.15) is 0 Å². The lowest BCUT2D eigenvalue weighted by Gasteiger charge is -2.11. The number of sulfonamides is 1. The minimum absolute atomic E-state index is 0.224. The molecule has 0 aromatic heterocycles. The van der Waals surface area contributed by atoms with Gasteiger partial charge in [0.05, 0.1) is 17.5 Å². The molecule has 0 fully saturated rings. The Morgan fingerprint density at radius 3 is 2.07 bits per heavy atom. The molecule has 7 heteroatoms. The first-order valence-electron chi connectivity index (χ1n) is 8.12.